The third-order valence-corrected chi connectivity index (χ3v) is 5.63. The topological polar surface area (TPSA) is 96.3 Å². The highest BCUT2D eigenvalue weighted by molar-refractivity contribution is 6.03. The number of amides is 3. The standard InChI is InChI=1S/C22H23N5O3/c1-22(21(30)25-13-19(28)24-12-16-8-5-6-10-23-16)14-27-17-9-4-3-7-15(17)11-18(27)20(29)26(22)2/h3-11H,12-14H2,1-2H3,(H,24,28)(H,25,30). The molecule has 1 aromatic carbocycles. The summed E-state index contributed by atoms with van der Waals surface area (Å²) in [5.74, 6) is -0.932. The van der Waals surface area contributed by atoms with Crippen molar-refractivity contribution in [3.8, 4) is 0 Å². The van der Waals surface area contributed by atoms with E-state index in [1.54, 1.807) is 26.2 Å². The number of carbonyl (C=O) groups is 3. The summed E-state index contributed by atoms with van der Waals surface area (Å²) in [5.41, 5.74) is 1.07. The van der Waals surface area contributed by atoms with Crippen LogP contribution in [-0.4, -0.2) is 51.3 Å². The largest absolute Gasteiger partial charge is 0.349 e. The van der Waals surface area contributed by atoms with E-state index in [1.165, 1.54) is 4.90 Å². The van der Waals surface area contributed by atoms with Gasteiger partial charge in [-0.1, -0.05) is 24.3 Å². The van der Waals surface area contributed by atoms with Crippen molar-refractivity contribution in [3.63, 3.8) is 0 Å². The number of nitrogens with zero attached hydrogens (tertiary/aromatic N) is 3. The Balaban J connectivity index is 1.45. The van der Waals surface area contributed by atoms with Gasteiger partial charge >= 0.3 is 0 Å². The van der Waals surface area contributed by atoms with Crippen molar-refractivity contribution >= 4 is 28.6 Å². The second kappa shape index (κ2) is 7.62. The Labute approximate surface area is 173 Å². The van der Waals surface area contributed by atoms with E-state index in [2.05, 4.69) is 15.6 Å². The quantitative estimate of drug-likeness (QED) is 0.669. The molecule has 0 saturated heterocycles. The molecule has 2 N–H and O–H groups in total. The fourth-order valence-electron chi connectivity index (χ4n) is 3.70. The van der Waals surface area contributed by atoms with E-state index < -0.39 is 5.54 Å². The second-order valence-electron chi connectivity index (χ2n) is 7.59. The SMILES string of the molecule is CN1C(=O)c2cc3ccccc3n2CC1(C)C(=O)NCC(=O)NCc1ccccn1. The summed E-state index contributed by atoms with van der Waals surface area (Å²) in [5, 5.41) is 6.35. The first-order valence-corrected chi connectivity index (χ1v) is 9.71. The van der Waals surface area contributed by atoms with Crippen LogP contribution in [0.3, 0.4) is 0 Å². The third kappa shape index (κ3) is 3.41. The molecule has 3 aromatic rings. The molecule has 0 aliphatic carbocycles. The zero-order chi connectivity index (χ0) is 21.3. The molecule has 0 fully saturated rings. The summed E-state index contributed by atoms with van der Waals surface area (Å²) in [6, 6.07) is 15.0. The van der Waals surface area contributed by atoms with Crippen molar-refractivity contribution in [2.75, 3.05) is 13.6 Å². The number of pyridine rings is 1. The lowest BCUT2D eigenvalue weighted by atomic mass is 9.95. The highest BCUT2D eigenvalue weighted by Gasteiger charge is 2.45. The highest BCUT2D eigenvalue weighted by Crippen LogP contribution is 2.31. The normalized spacial score (nSPS) is 18.2. The lowest BCUT2D eigenvalue weighted by molar-refractivity contribution is -0.134. The minimum absolute atomic E-state index is 0.178. The van der Waals surface area contributed by atoms with Gasteiger partial charge in [0.25, 0.3) is 5.91 Å². The van der Waals surface area contributed by atoms with Crippen LogP contribution in [0.15, 0.2) is 54.7 Å². The van der Waals surface area contributed by atoms with Crippen molar-refractivity contribution < 1.29 is 14.4 Å². The molecule has 3 heterocycles. The van der Waals surface area contributed by atoms with Gasteiger partial charge in [0.05, 0.1) is 25.3 Å². The van der Waals surface area contributed by atoms with E-state index in [0.717, 1.165) is 16.6 Å². The number of para-hydroxylation sites is 1. The molecule has 2 aromatic heterocycles. The Morgan fingerprint density at radius 1 is 1.13 bits per heavy atom. The van der Waals surface area contributed by atoms with Crippen LogP contribution in [0.4, 0.5) is 0 Å². The van der Waals surface area contributed by atoms with Crippen LogP contribution in [0.5, 0.6) is 0 Å². The van der Waals surface area contributed by atoms with Crippen molar-refractivity contribution in [2.24, 2.45) is 0 Å². The Bertz CT molecular complexity index is 1120. The van der Waals surface area contributed by atoms with Crippen LogP contribution in [0.2, 0.25) is 0 Å². The summed E-state index contributed by atoms with van der Waals surface area (Å²) in [4.78, 5) is 43.7. The Kier molecular flexibility index (Phi) is 4.99. The zero-order valence-electron chi connectivity index (χ0n) is 16.9. The maximum atomic E-state index is 13.0. The smallest absolute Gasteiger partial charge is 0.271 e. The van der Waals surface area contributed by atoms with Crippen LogP contribution < -0.4 is 10.6 Å². The number of nitrogens with one attached hydrogen (secondary N) is 2. The summed E-state index contributed by atoms with van der Waals surface area (Å²) in [7, 11) is 1.62. The second-order valence-corrected chi connectivity index (χ2v) is 7.59. The van der Waals surface area contributed by atoms with Crippen LogP contribution >= 0.6 is 0 Å². The van der Waals surface area contributed by atoms with Gasteiger partial charge in [0.2, 0.25) is 11.8 Å². The minimum Gasteiger partial charge on any atom is -0.349 e. The maximum absolute atomic E-state index is 13.0. The molecular weight excluding hydrogens is 382 g/mol. The van der Waals surface area contributed by atoms with E-state index >= 15 is 0 Å². The molecule has 1 aliphatic rings. The Hall–Kier alpha value is -3.68. The predicted molar refractivity (Wildman–Crippen MR) is 112 cm³/mol. The molecule has 4 rings (SSSR count). The first kappa shape index (κ1) is 19.6. The van der Waals surface area contributed by atoms with Gasteiger partial charge in [-0.15, -0.1) is 0 Å². The summed E-state index contributed by atoms with van der Waals surface area (Å²) < 4.78 is 1.87. The molecule has 0 bridgehead atoms. The van der Waals surface area contributed by atoms with Crippen LogP contribution in [0.25, 0.3) is 10.9 Å². The Morgan fingerprint density at radius 3 is 2.67 bits per heavy atom. The first-order chi connectivity index (χ1) is 14.4. The molecular formula is C22H23N5O3. The average molecular weight is 405 g/mol. The maximum Gasteiger partial charge on any atom is 0.271 e. The molecule has 8 nitrogen and oxygen atoms in total. The van der Waals surface area contributed by atoms with Gasteiger partial charge in [-0.2, -0.15) is 0 Å². The molecule has 154 valence electrons. The monoisotopic (exact) mass is 405 g/mol. The van der Waals surface area contributed by atoms with E-state index in [-0.39, 0.29) is 30.8 Å². The van der Waals surface area contributed by atoms with Gasteiger partial charge in [0.1, 0.15) is 11.2 Å². The molecule has 1 atom stereocenters. The van der Waals surface area contributed by atoms with E-state index in [1.807, 2.05) is 47.0 Å². The Morgan fingerprint density at radius 2 is 1.90 bits per heavy atom. The van der Waals surface area contributed by atoms with Crippen LogP contribution in [0.1, 0.15) is 23.1 Å². The number of hydrogen-bond acceptors (Lipinski definition) is 4. The molecule has 1 unspecified atom stereocenters. The van der Waals surface area contributed by atoms with Gasteiger partial charge in [-0.3, -0.25) is 19.4 Å². The number of likely N-dealkylation sites (N-methyl/N-ethyl adjacent to an activating group) is 1. The molecule has 30 heavy (non-hydrogen) atoms. The molecule has 0 spiro atoms. The average Bonchev–Trinajstić information content (AvgIpc) is 3.13. The number of aromatic nitrogens is 2. The van der Waals surface area contributed by atoms with E-state index in [0.29, 0.717) is 12.2 Å². The number of benzene rings is 1. The lowest BCUT2D eigenvalue weighted by Crippen LogP contribution is -2.63. The van der Waals surface area contributed by atoms with Crippen LogP contribution in [-0.2, 0) is 22.7 Å². The van der Waals surface area contributed by atoms with Gasteiger partial charge in [0, 0.05) is 24.1 Å². The number of rotatable bonds is 5. The first-order valence-electron chi connectivity index (χ1n) is 9.71. The predicted octanol–water partition coefficient (Wildman–Crippen LogP) is 1.31. The lowest BCUT2D eigenvalue weighted by Gasteiger charge is -2.41. The van der Waals surface area contributed by atoms with Gasteiger partial charge in [0.15, 0.2) is 0 Å². The van der Waals surface area contributed by atoms with Crippen molar-refractivity contribution in [1.29, 1.82) is 0 Å². The van der Waals surface area contributed by atoms with Gasteiger partial charge < -0.3 is 20.1 Å². The fraction of sp³-hybridized carbons (Fsp3) is 0.273. The zero-order valence-corrected chi connectivity index (χ0v) is 16.9. The van der Waals surface area contributed by atoms with Gasteiger partial charge in [-0.25, -0.2) is 0 Å². The molecule has 1 aliphatic heterocycles. The molecule has 8 heteroatoms. The minimum atomic E-state index is -1.12. The van der Waals surface area contributed by atoms with Gasteiger partial charge in [-0.05, 0) is 31.2 Å². The molecule has 3 amide bonds. The van der Waals surface area contributed by atoms with Crippen molar-refractivity contribution in [2.45, 2.75) is 25.6 Å². The number of carbonyl (C=O) groups excluding carboxylic acids is 3. The fourth-order valence-corrected chi connectivity index (χ4v) is 3.70. The molecule has 0 radical (unpaired) electrons. The van der Waals surface area contributed by atoms with E-state index in [9.17, 15) is 14.4 Å². The van der Waals surface area contributed by atoms with Crippen molar-refractivity contribution in [1.82, 2.24) is 25.1 Å². The summed E-state index contributed by atoms with van der Waals surface area (Å²) in [6.07, 6.45) is 1.65. The van der Waals surface area contributed by atoms with Crippen molar-refractivity contribution in [3.05, 3.63) is 66.1 Å². The third-order valence-electron chi connectivity index (χ3n) is 5.63. The number of hydrogen-bond donors (Lipinski definition) is 2. The molecule has 0 saturated carbocycles. The van der Waals surface area contributed by atoms with E-state index in [4.69, 9.17) is 0 Å². The van der Waals surface area contributed by atoms with Crippen LogP contribution in [0, 0.1) is 0 Å². The summed E-state index contributed by atoms with van der Waals surface area (Å²) >= 11 is 0. The number of fused-ring (bicyclic) bond motifs is 3. The summed E-state index contributed by atoms with van der Waals surface area (Å²) in [6.45, 7) is 2.12. The highest BCUT2D eigenvalue weighted by atomic mass is 16.2.